The summed E-state index contributed by atoms with van der Waals surface area (Å²) in [6.45, 7) is 0. The Balaban J connectivity index is 0.00000144. The molecule has 13 heavy (non-hydrogen) atoms. The predicted molar refractivity (Wildman–Crippen MR) is 48.0 cm³/mol. The highest BCUT2D eigenvalue weighted by Crippen LogP contribution is 2.19. The molecular formula is C8H11ClO4. The molecule has 0 bridgehead atoms. The Kier molecular flexibility index (Phi) is 4.32. The molecule has 0 atom stereocenters. The fraction of sp³-hybridized carbons (Fsp3) is 0.250. The minimum Gasteiger partial charge on any atom is -0.364 e. The van der Waals surface area contributed by atoms with Crippen LogP contribution >= 0.6 is 12.4 Å². The van der Waals surface area contributed by atoms with Crippen LogP contribution in [0.1, 0.15) is 5.56 Å². The van der Waals surface area contributed by atoms with Gasteiger partial charge >= 0.3 is 0 Å². The van der Waals surface area contributed by atoms with Crippen molar-refractivity contribution in [3.63, 3.8) is 0 Å². The molecule has 0 unspecified atom stereocenters. The third-order valence-corrected chi connectivity index (χ3v) is 1.56. The molecule has 0 aliphatic heterocycles. The Morgan fingerprint density at radius 2 is 1.46 bits per heavy atom. The monoisotopic (exact) mass is 206 g/mol. The van der Waals surface area contributed by atoms with Gasteiger partial charge in [0.25, 0.3) is 0 Å². The molecule has 5 heteroatoms. The summed E-state index contributed by atoms with van der Waals surface area (Å²) in [5.41, 5.74) is 0.0417. The molecule has 1 aromatic carbocycles. The number of hydrogen-bond donors (Lipinski definition) is 4. The Morgan fingerprint density at radius 1 is 1.00 bits per heavy atom. The van der Waals surface area contributed by atoms with Crippen molar-refractivity contribution in [1.29, 1.82) is 0 Å². The summed E-state index contributed by atoms with van der Waals surface area (Å²) in [6.07, 6.45) is -2.21. The van der Waals surface area contributed by atoms with E-state index in [9.17, 15) is 0 Å². The third-order valence-electron chi connectivity index (χ3n) is 1.56. The largest absolute Gasteiger partial charge is 0.364 e. The van der Waals surface area contributed by atoms with Crippen molar-refractivity contribution in [2.45, 2.75) is 12.1 Å². The van der Waals surface area contributed by atoms with Gasteiger partial charge in [-0.3, -0.25) is 0 Å². The van der Waals surface area contributed by atoms with Gasteiger partial charge in [0.15, 0.2) is 0 Å². The van der Waals surface area contributed by atoms with Crippen molar-refractivity contribution in [3.8, 4) is 0 Å². The van der Waals surface area contributed by atoms with Crippen LogP contribution in [0.25, 0.3) is 0 Å². The zero-order valence-corrected chi connectivity index (χ0v) is 7.48. The highest BCUT2D eigenvalue weighted by Gasteiger charge is 2.33. The number of benzene rings is 1. The molecule has 1 rings (SSSR count). The smallest absolute Gasteiger partial charge is 0.242 e. The maximum Gasteiger partial charge on any atom is 0.242 e. The van der Waals surface area contributed by atoms with E-state index in [1.165, 1.54) is 12.1 Å². The first-order chi connectivity index (χ1) is 5.55. The van der Waals surface area contributed by atoms with E-state index >= 15 is 0 Å². The maximum atomic E-state index is 9.12. The van der Waals surface area contributed by atoms with E-state index in [-0.39, 0.29) is 18.0 Å². The van der Waals surface area contributed by atoms with E-state index < -0.39 is 12.1 Å². The molecule has 0 fully saturated rings. The van der Waals surface area contributed by atoms with E-state index in [4.69, 9.17) is 20.4 Å². The van der Waals surface area contributed by atoms with Gasteiger partial charge in [0.1, 0.15) is 0 Å². The SMILES string of the molecule is Cl.OC(O)C(O)(O)c1ccccc1. The Morgan fingerprint density at radius 3 is 1.85 bits per heavy atom. The molecule has 4 nitrogen and oxygen atoms in total. The Labute approximate surface area is 81.5 Å². The van der Waals surface area contributed by atoms with Gasteiger partial charge in [-0.05, 0) is 0 Å². The molecule has 74 valence electrons. The molecule has 0 spiro atoms. The number of aliphatic hydroxyl groups is 4. The van der Waals surface area contributed by atoms with Crippen LogP contribution < -0.4 is 0 Å². The van der Waals surface area contributed by atoms with Crippen molar-refractivity contribution in [1.82, 2.24) is 0 Å². The molecule has 0 radical (unpaired) electrons. The van der Waals surface area contributed by atoms with Crippen LogP contribution in [0.4, 0.5) is 0 Å². The molecule has 0 amide bonds. The van der Waals surface area contributed by atoms with Gasteiger partial charge in [-0.15, -0.1) is 12.4 Å². The fourth-order valence-corrected chi connectivity index (χ4v) is 0.833. The second-order valence-electron chi connectivity index (χ2n) is 2.47. The summed E-state index contributed by atoms with van der Waals surface area (Å²) in [4.78, 5) is 0. The Hall–Kier alpha value is -0.650. The summed E-state index contributed by atoms with van der Waals surface area (Å²) >= 11 is 0. The van der Waals surface area contributed by atoms with Crippen molar-refractivity contribution in [2.75, 3.05) is 0 Å². The Bertz CT molecular complexity index is 248. The average Bonchev–Trinajstić information content (AvgIpc) is 2.06. The first-order valence-electron chi connectivity index (χ1n) is 3.41. The summed E-state index contributed by atoms with van der Waals surface area (Å²) < 4.78 is 0. The molecule has 0 saturated heterocycles. The molecule has 0 heterocycles. The van der Waals surface area contributed by atoms with Gasteiger partial charge in [-0.2, -0.15) is 0 Å². The molecule has 0 aromatic heterocycles. The van der Waals surface area contributed by atoms with E-state index in [1.54, 1.807) is 18.2 Å². The third kappa shape index (κ3) is 2.65. The summed E-state index contributed by atoms with van der Waals surface area (Å²) in [5.74, 6) is -2.60. The normalized spacial score (nSPS) is 11.2. The van der Waals surface area contributed by atoms with Gasteiger partial charge in [0.2, 0.25) is 12.1 Å². The van der Waals surface area contributed by atoms with Crippen molar-refractivity contribution < 1.29 is 20.4 Å². The zero-order chi connectivity index (χ0) is 9.19. The second kappa shape index (κ2) is 4.55. The van der Waals surface area contributed by atoms with Crippen molar-refractivity contribution >= 4 is 12.4 Å². The summed E-state index contributed by atoms with van der Waals surface area (Å²) in [5, 5.41) is 35.4. The van der Waals surface area contributed by atoms with Crippen LogP contribution in [0.15, 0.2) is 30.3 Å². The second-order valence-corrected chi connectivity index (χ2v) is 2.47. The number of halogens is 1. The van der Waals surface area contributed by atoms with Crippen LogP contribution in [-0.4, -0.2) is 26.7 Å². The minimum atomic E-state index is -2.60. The van der Waals surface area contributed by atoms with E-state index in [1.807, 2.05) is 0 Å². The van der Waals surface area contributed by atoms with Crippen LogP contribution in [0.5, 0.6) is 0 Å². The maximum absolute atomic E-state index is 9.12. The lowest BCUT2D eigenvalue weighted by atomic mass is 10.1. The lowest BCUT2D eigenvalue weighted by molar-refractivity contribution is -0.298. The van der Waals surface area contributed by atoms with Crippen LogP contribution in [0.2, 0.25) is 0 Å². The van der Waals surface area contributed by atoms with Gasteiger partial charge in [0.05, 0.1) is 0 Å². The first-order valence-corrected chi connectivity index (χ1v) is 3.41. The van der Waals surface area contributed by atoms with Crippen LogP contribution in [0, 0.1) is 0 Å². The van der Waals surface area contributed by atoms with Crippen molar-refractivity contribution in [2.24, 2.45) is 0 Å². The lowest BCUT2D eigenvalue weighted by Crippen LogP contribution is -2.38. The average molecular weight is 207 g/mol. The van der Waals surface area contributed by atoms with Crippen molar-refractivity contribution in [3.05, 3.63) is 35.9 Å². The van der Waals surface area contributed by atoms with Gasteiger partial charge < -0.3 is 20.4 Å². The molecular weight excluding hydrogens is 196 g/mol. The predicted octanol–water partition coefficient (Wildman–Crippen LogP) is -0.444. The van der Waals surface area contributed by atoms with Crippen LogP contribution in [0.3, 0.4) is 0 Å². The quantitative estimate of drug-likeness (QED) is 0.495. The molecule has 1 aromatic rings. The summed E-state index contributed by atoms with van der Waals surface area (Å²) in [7, 11) is 0. The zero-order valence-electron chi connectivity index (χ0n) is 6.66. The highest BCUT2D eigenvalue weighted by atomic mass is 35.5. The molecule has 4 N–H and O–H groups in total. The van der Waals surface area contributed by atoms with Gasteiger partial charge in [-0.1, -0.05) is 30.3 Å². The summed E-state index contributed by atoms with van der Waals surface area (Å²) in [6, 6.07) is 7.60. The lowest BCUT2D eigenvalue weighted by Gasteiger charge is -2.23. The topological polar surface area (TPSA) is 80.9 Å². The molecule has 0 saturated carbocycles. The van der Waals surface area contributed by atoms with Crippen LogP contribution in [-0.2, 0) is 5.79 Å². The first kappa shape index (κ1) is 12.3. The van der Waals surface area contributed by atoms with E-state index in [0.29, 0.717) is 0 Å². The number of rotatable bonds is 2. The van der Waals surface area contributed by atoms with Gasteiger partial charge in [-0.25, -0.2) is 0 Å². The fourth-order valence-electron chi connectivity index (χ4n) is 0.833. The minimum absolute atomic E-state index is 0. The highest BCUT2D eigenvalue weighted by molar-refractivity contribution is 5.85. The number of aliphatic hydroxyl groups excluding tert-OH is 1. The number of hydrogen-bond acceptors (Lipinski definition) is 4. The van der Waals surface area contributed by atoms with E-state index in [0.717, 1.165) is 0 Å². The van der Waals surface area contributed by atoms with Gasteiger partial charge in [0, 0.05) is 5.56 Å². The standard InChI is InChI=1S/C8H10O4.ClH/c9-7(10)8(11,12)6-4-2-1-3-5-6;/h1-5,7,9-12H;1H. The molecule has 0 aliphatic carbocycles. The molecule has 0 aliphatic rings. The van der Waals surface area contributed by atoms with E-state index in [2.05, 4.69) is 0 Å².